The summed E-state index contributed by atoms with van der Waals surface area (Å²) in [6.45, 7) is 7.60. The maximum Gasteiger partial charge on any atom is 0.339 e. The summed E-state index contributed by atoms with van der Waals surface area (Å²) < 4.78 is 10.7. The van der Waals surface area contributed by atoms with Gasteiger partial charge in [0, 0.05) is 13.1 Å². The molecular weight excluding hydrogens is 517 g/mol. The van der Waals surface area contributed by atoms with Gasteiger partial charge in [-0.15, -0.1) is 0 Å². The Labute approximate surface area is 239 Å². The van der Waals surface area contributed by atoms with Crippen LogP contribution in [0.4, 0.5) is 0 Å². The fraction of sp³-hybridized carbons (Fsp3) is 0.235. The van der Waals surface area contributed by atoms with Gasteiger partial charge >= 0.3 is 11.9 Å². The number of benzene rings is 4. The minimum absolute atomic E-state index is 0.155. The molecule has 1 unspecified atom stereocenters. The van der Waals surface area contributed by atoms with Gasteiger partial charge in [-0.25, -0.2) is 4.79 Å². The van der Waals surface area contributed by atoms with Crippen molar-refractivity contribution in [3.63, 3.8) is 0 Å². The average Bonchev–Trinajstić information content (AvgIpc) is 2.96. The first kappa shape index (κ1) is 30.7. The molecule has 0 radical (unpaired) electrons. The Kier molecular flexibility index (Phi) is 12.6. The summed E-state index contributed by atoms with van der Waals surface area (Å²) in [5.74, 6) is -0.644. The van der Waals surface area contributed by atoms with E-state index in [1.54, 1.807) is 12.1 Å². The maximum absolute atomic E-state index is 12.3. The Morgan fingerprint density at radius 2 is 1.15 bits per heavy atom. The first-order chi connectivity index (χ1) is 19.3. The molecule has 1 atom stereocenters. The monoisotopic (exact) mass is 555 g/mol. The number of carbonyl (C=O) groups is 2. The second-order valence-electron chi connectivity index (χ2n) is 10.1. The molecule has 4 aromatic rings. The first-order valence-corrected chi connectivity index (χ1v) is 14.6. The highest BCUT2D eigenvalue weighted by Gasteiger charge is 2.20. The Hall–Kier alpha value is -3.79. The maximum atomic E-state index is 12.3. The quantitative estimate of drug-likeness (QED) is 0.175. The van der Waals surface area contributed by atoms with Gasteiger partial charge in [-0.3, -0.25) is 4.79 Å². The summed E-state index contributed by atoms with van der Waals surface area (Å²) in [4.78, 5) is 24.3. The van der Waals surface area contributed by atoms with E-state index in [1.165, 1.54) is 11.1 Å². The zero-order valence-electron chi connectivity index (χ0n) is 23.4. The molecule has 40 heavy (non-hydrogen) atoms. The second kappa shape index (κ2) is 16.3. The summed E-state index contributed by atoms with van der Waals surface area (Å²) in [7, 11) is 0.155. The summed E-state index contributed by atoms with van der Waals surface area (Å²) in [5, 5.41) is 4.23. The fourth-order valence-electron chi connectivity index (χ4n) is 3.65. The van der Waals surface area contributed by atoms with Gasteiger partial charge in [0.1, 0.15) is 12.2 Å². The molecule has 0 saturated carbocycles. The summed E-state index contributed by atoms with van der Waals surface area (Å²) in [5.41, 5.74) is 3.56. The molecule has 4 aromatic carbocycles. The van der Waals surface area contributed by atoms with Crippen molar-refractivity contribution in [2.24, 2.45) is 0 Å². The number of nitrogens with one attached hydrogen (secondary N) is 1. The van der Waals surface area contributed by atoms with Crippen LogP contribution in [0.1, 0.15) is 47.8 Å². The van der Waals surface area contributed by atoms with Crippen LogP contribution in [0.5, 0.6) is 0 Å². The fourth-order valence-corrected chi connectivity index (χ4v) is 4.67. The van der Waals surface area contributed by atoms with Crippen molar-refractivity contribution >= 4 is 25.8 Å². The molecule has 1 N–H and O–H groups in total. The highest BCUT2D eigenvalue weighted by Crippen LogP contribution is 2.18. The van der Waals surface area contributed by atoms with E-state index in [4.69, 9.17) is 9.47 Å². The van der Waals surface area contributed by atoms with Crippen LogP contribution in [0.15, 0.2) is 115 Å². The standard InChI is InChI=1S/C20H23O4P.C14H15N/c1-20(2,3)24-19(22)16-11-7-8-12-17(16)25-14-18(21)23-13-15-9-5-4-6-10-15;1-3-7-13(8-4-1)11-15-12-14-9-5-2-6-10-14/h4-12,25H,13-14H2,1-3H3;1-10,15H,11-12H2. The van der Waals surface area contributed by atoms with Gasteiger partial charge in [-0.05, 0) is 48.8 Å². The molecule has 0 bridgehead atoms. The van der Waals surface area contributed by atoms with E-state index in [-0.39, 0.29) is 33.3 Å². The van der Waals surface area contributed by atoms with Crippen molar-refractivity contribution in [3.05, 3.63) is 138 Å². The van der Waals surface area contributed by atoms with Gasteiger partial charge in [0.2, 0.25) is 0 Å². The molecule has 0 amide bonds. The molecule has 0 aliphatic carbocycles. The molecule has 0 spiro atoms. The Morgan fingerprint density at radius 3 is 1.68 bits per heavy atom. The molecule has 0 heterocycles. The largest absolute Gasteiger partial charge is 0.461 e. The predicted octanol–water partition coefficient (Wildman–Crippen LogP) is 6.67. The minimum Gasteiger partial charge on any atom is -0.461 e. The van der Waals surface area contributed by atoms with Crippen molar-refractivity contribution < 1.29 is 19.1 Å². The summed E-state index contributed by atoms with van der Waals surface area (Å²) >= 11 is 0. The van der Waals surface area contributed by atoms with Crippen LogP contribution in [-0.4, -0.2) is 23.7 Å². The number of ether oxygens (including phenoxy) is 2. The molecule has 6 heteroatoms. The summed E-state index contributed by atoms with van der Waals surface area (Å²) in [6.07, 6.45) is 0.243. The third kappa shape index (κ3) is 11.9. The lowest BCUT2D eigenvalue weighted by atomic mass is 10.1. The molecular formula is C34H38NO4P. The molecule has 5 nitrogen and oxygen atoms in total. The second-order valence-corrected chi connectivity index (χ2v) is 11.4. The zero-order valence-corrected chi connectivity index (χ0v) is 24.4. The van der Waals surface area contributed by atoms with E-state index < -0.39 is 5.60 Å². The minimum atomic E-state index is -0.554. The van der Waals surface area contributed by atoms with Crippen LogP contribution in [0.3, 0.4) is 0 Å². The number of hydrogen-bond acceptors (Lipinski definition) is 5. The number of hydrogen-bond donors (Lipinski definition) is 1. The van der Waals surface area contributed by atoms with Gasteiger partial charge in [0.25, 0.3) is 0 Å². The van der Waals surface area contributed by atoms with E-state index in [2.05, 4.69) is 53.8 Å². The molecule has 0 aromatic heterocycles. The molecule has 0 aliphatic rings. The van der Waals surface area contributed by atoms with Gasteiger partial charge in [-0.1, -0.05) is 118 Å². The number of rotatable bonds is 10. The van der Waals surface area contributed by atoms with Crippen LogP contribution in [0, 0.1) is 0 Å². The van der Waals surface area contributed by atoms with Gasteiger partial charge < -0.3 is 14.8 Å². The topological polar surface area (TPSA) is 64.6 Å². The Bertz CT molecular complexity index is 1270. The molecule has 4 rings (SSSR count). The first-order valence-electron chi connectivity index (χ1n) is 13.3. The normalized spacial score (nSPS) is 11.0. The Morgan fingerprint density at radius 1 is 0.675 bits per heavy atom. The molecule has 208 valence electrons. The highest BCUT2D eigenvalue weighted by atomic mass is 31.1. The van der Waals surface area contributed by atoms with Gasteiger partial charge in [0.05, 0.1) is 11.7 Å². The van der Waals surface area contributed by atoms with Crippen molar-refractivity contribution in [3.8, 4) is 0 Å². The van der Waals surface area contributed by atoms with E-state index in [9.17, 15) is 9.59 Å². The lowest BCUT2D eigenvalue weighted by Gasteiger charge is -2.20. The third-order valence-electron chi connectivity index (χ3n) is 5.56. The number of carbonyl (C=O) groups excluding carboxylic acids is 2. The number of esters is 2. The Balaban J connectivity index is 0.000000249. The SMILES string of the molecule is CC(C)(C)OC(=O)c1ccccc1PCC(=O)OCc1ccccc1.c1ccc(CNCc2ccccc2)cc1. The lowest BCUT2D eigenvalue weighted by molar-refractivity contribution is -0.141. The van der Waals surface area contributed by atoms with Crippen LogP contribution >= 0.6 is 8.58 Å². The van der Waals surface area contributed by atoms with Crippen molar-refractivity contribution in [1.82, 2.24) is 5.32 Å². The van der Waals surface area contributed by atoms with Crippen LogP contribution in [0.2, 0.25) is 0 Å². The predicted molar refractivity (Wildman–Crippen MR) is 164 cm³/mol. The third-order valence-corrected chi connectivity index (χ3v) is 6.84. The van der Waals surface area contributed by atoms with Crippen LogP contribution in [-0.2, 0) is 34.0 Å². The van der Waals surface area contributed by atoms with E-state index >= 15 is 0 Å². The van der Waals surface area contributed by atoms with E-state index in [0.29, 0.717) is 5.56 Å². The smallest absolute Gasteiger partial charge is 0.339 e. The molecule has 0 saturated heterocycles. The van der Waals surface area contributed by atoms with Crippen molar-refractivity contribution in [2.45, 2.75) is 46.1 Å². The van der Waals surface area contributed by atoms with Gasteiger partial charge in [0.15, 0.2) is 0 Å². The van der Waals surface area contributed by atoms with E-state index in [1.807, 2.05) is 75.4 Å². The van der Waals surface area contributed by atoms with Crippen LogP contribution in [0.25, 0.3) is 0 Å². The average molecular weight is 556 g/mol. The highest BCUT2D eigenvalue weighted by molar-refractivity contribution is 7.48. The zero-order chi connectivity index (χ0) is 28.6. The lowest BCUT2D eigenvalue weighted by Crippen LogP contribution is -2.26. The summed E-state index contributed by atoms with van der Waals surface area (Å²) in [6, 6.07) is 37.7. The van der Waals surface area contributed by atoms with Crippen molar-refractivity contribution in [1.29, 1.82) is 0 Å². The van der Waals surface area contributed by atoms with Gasteiger partial charge in [-0.2, -0.15) is 0 Å². The molecule has 0 fully saturated rings. The molecule has 0 aliphatic heterocycles. The van der Waals surface area contributed by atoms with Crippen LogP contribution < -0.4 is 10.6 Å². The van der Waals surface area contributed by atoms with Crippen molar-refractivity contribution in [2.75, 3.05) is 6.16 Å². The van der Waals surface area contributed by atoms with E-state index in [0.717, 1.165) is 24.0 Å².